The molecule has 0 radical (unpaired) electrons. The molecule has 0 aliphatic carbocycles. The van der Waals surface area contributed by atoms with Crippen molar-refractivity contribution in [2.45, 2.75) is 26.2 Å². The number of carbonyl (C=O) groups is 1. The second-order valence-electron chi connectivity index (χ2n) is 6.63. The number of ether oxygens (including phenoxy) is 2. The van der Waals surface area contributed by atoms with E-state index in [-0.39, 0.29) is 12.3 Å². The Morgan fingerprint density at radius 2 is 1.82 bits per heavy atom. The molecule has 3 rings (SSSR count). The molecule has 2 aromatic carbocycles. The zero-order valence-corrected chi connectivity index (χ0v) is 17.2. The maximum Gasteiger partial charge on any atom is 0.304 e. The number of hydrogen-bond donors (Lipinski definition) is 1. The molecule has 0 aliphatic heterocycles. The van der Waals surface area contributed by atoms with E-state index < -0.39 is 5.97 Å². The maximum absolute atomic E-state index is 11.5. The number of nitrogens with zero attached hydrogens (tertiary/aromatic N) is 1. The second kappa shape index (κ2) is 8.44. The van der Waals surface area contributed by atoms with E-state index in [4.69, 9.17) is 9.47 Å². The summed E-state index contributed by atoms with van der Waals surface area (Å²) in [4.78, 5) is 17.0. The van der Waals surface area contributed by atoms with Crippen LogP contribution in [0.1, 0.15) is 33.4 Å². The van der Waals surface area contributed by atoms with Gasteiger partial charge in [-0.2, -0.15) is 0 Å². The quantitative estimate of drug-likeness (QED) is 0.604. The molecule has 0 spiro atoms. The van der Waals surface area contributed by atoms with Crippen molar-refractivity contribution in [2.75, 3.05) is 14.2 Å². The first-order valence-electron chi connectivity index (χ1n) is 8.90. The van der Waals surface area contributed by atoms with Crippen LogP contribution in [-0.4, -0.2) is 30.3 Å². The lowest BCUT2D eigenvalue weighted by Crippen LogP contribution is -2.08. The summed E-state index contributed by atoms with van der Waals surface area (Å²) in [6, 6.07) is 11.8. The normalized spacial score (nSPS) is 11.9. The van der Waals surface area contributed by atoms with Gasteiger partial charge < -0.3 is 14.6 Å². The zero-order chi connectivity index (χ0) is 20.3. The molecule has 0 fully saturated rings. The van der Waals surface area contributed by atoms with Gasteiger partial charge in [0.1, 0.15) is 16.5 Å². The molecule has 5 nitrogen and oxygen atoms in total. The monoisotopic (exact) mass is 397 g/mol. The van der Waals surface area contributed by atoms with E-state index in [1.165, 1.54) is 11.3 Å². The van der Waals surface area contributed by atoms with E-state index >= 15 is 0 Å². The van der Waals surface area contributed by atoms with E-state index in [1.54, 1.807) is 20.4 Å². The molecule has 1 aromatic heterocycles. The molecule has 1 atom stereocenters. The lowest BCUT2D eigenvalue weighted by Gasteiger charge is -2.17. The fourth-order valence-corrected chi connectivity index (χ4v) is 4.20. The summed E-state index contributed by atoms with van der Waals surface area (Å²) in [5, 5.41) is 10.2. The fraction of sp³-hybridized carbons (Fsp3) is 0.273. The molecule has 1 N–H and O–H groups in total. The smallest absolute Gasteiger partial charge is 0.304 e. The number of carboxylic acids is 1. The number of benzene rings is 2. The van der Waals surface area contributed by atoms with E-state index in [0.29, 0.717) is 11.5 Å². The largest absolute Gasteiger partial charge is 0.496 e. The average molecular weight is 397 g/mol. The van der Waals surface area contributed by atoms with Crippen LogP contribution in [0.3, 0.4) is 0 Å². The van der Waals surface area contributed by atoms with Gasteiger partial charge in [0.15, 0.2) is 0 Å². The molecule has 0 bridgehead atoms. The number of thiazole rings is 1. The first-order chi connectivity index (χ1) is 13.4. The Hall–Kier alpha value is -2.86. The highest BCUT2D eigenvalue weighted by Gasteiger charge is 2.22. The van der Waals surface area contributed by atoms with Gasteiger partial charge >= 0.3 is 5.97 Å². The van der Waals surface area contributed by atoms with Crippen LogP contribution in [0.25, 0.3) is 11.1 Å². The molecular weight excluding hydrogens is 374 g/mol. The van der Waals surface area contributed by atoms with Crippen molar-refractivity contribution in [3.05, 3.63) is 63.6 Å². The van der Waals surface area contributed by atoms with Crippen molar-refractivity contribution < 1.29 is 19.4 Å². The molecule has 3 aromatic rings. The van der Waals surface area contributed by atoms with Crippen molar-refractivity contribution in [3.63, 3.8) is 0 Å². The summed E-state index contributed by atoms with van der Waals surface area (Å²) in [6.45, 7) is 3.95. The number of aliphatic carboxylic acids is 1. The van der Waals surface area contributed by atoms with Gasteiger partial charge in [0.2, 0.25) is 0 Å². The highest BCUT2D eigenvalue weighted by molar-refractivity contribution is 7.11. The SMILES string of the molecule is COc1cc(C)cc(OC)c1-c1cccc(C(CC(=O)O)c2ncc(C)s2)c1. The van der Waals surface area contributed by atoms with Gasteiger partial charge in [0, 0.05) is 17.0 Å². The van der Waals surface area contributed by atoms with Crippen LogP contribution in [0.4, 0.5) is 0 Å². The number of aryl methyl sites for hydroxylation is 2. The standard InChI is InChI=1S/C22H23NO4S/c1-13-8-18(26-3)21(19(9-13)27-4)16-7-5-6-15(10-16)17(11-20(24)25)22-23-12-14(2)28-22/h5-10,12,17H,11H2,1-4H3,(H,24,25). The highest BCUT2D eigenvalue weighted by atomic mass is 32.1. The first-order valence-corrected chi connectivity index (χ1v) is 9.71. The number of rotatable bonds is 7. The summed E-state index contributed by atoms with van der Waals surface area (Å²) in [6.07, 6.45) is 1.77. The summed E-state index contributed by atoms with van der Waals surface area (Å²) in [5.41, 5.74) is 3.70. The number of methoxy groups -OCH3 is 2. The van der Waals surface area contributed by atoms with E-state index in [1.807, 2.05) is 50.2 Å². The molecule has 0 aliphatic rings. The molecule has 1 unspecified atom stereocenters. The Morgan fingerprint density at radius 3 is 2.36 bits per heavy atom. The van der Waals surface area contributed by atoms with Gasteiger partial charge in [0.25, 0.3) is 0 Å². The van der Waals surface area contributed by atoms with Crippen molar-refractivity contribution in [3.8, 4) is 22.6 Å². The van der Waals surface area contributed by atoms with E-state index in [2.05, 4.69) is 4.98 Å². The van der Waals surface area contributed by atoms with Crippen LogP contribution in [-0.2, 0) is 4.79 Å². The molecule has 1 heterocycles. The molecule has 146 valence electrons. The van der Waals surface area contributed by atoms with Crippen LogP contribution in [0.2, 0.25) is 0 Å². The van der Waals surface area contributed by atoms with Gasteiger partial charge in [-0.1, -0.05) is 24.3 Å². The Morgan fingerprint density at radius 1 is 1.14 bits per heavy atom. The maximum atomic E-state index is 11.5. The van der Waals surface area contributed by atoms with Gasteiger partial charge in [-0.3, -0.25) is 4.79 Å². The van der Waals surface area contributed by atoms with Crippen molar-refractivity contribution in [1.82, 2.24) is 4.98 Å². The summed E-state index contributed by atoms with van der Waals surface area (Å²) >= 11 is 1.53. The van der Waals surface area contributed by atoms with Crippen LogP contribution in [0.15, 0.2) is 42.6 Å². The molecule has 28 heavy (non-hydrogen) atoms. The van der Waals surface area contributed by atoms with Crippen molar-refractivity contribution in [1.29, 1.82) is 0 Å². The van der Waals surface area contributed by atoms with Gasteiger partial charge in [-0.15, -0.1) is 11.3 Å². The third-order valence-corrected chi connectivity index (χ3v) is 5.57. The third kappa shape index (κ3) is 4.17. The molecule has 6 heteroatoms. The minimum absolute atomic E-state index is 0.0153. The average Bonchev–Trinajstić information content (AvgIpc) is 3.11. The lowest BCUT2D eigenvalue weighted by atomic mass is 9.92. The second-order valence-corrected chi connectivity index (χ2v) is 7.90. The Labute approximate surface area is 168 Å². The molecule has 0 saturated heterocycles. The summed E-state index contributed by atoms with van der Waals surface area (Å²) in [5.74, 6) is 0.273. The summed E-state index contributed by atoms with van der Waals surface area (Å²) < 4.78 is 11.2. The fourth-order valence-electron chi connectivity index (χ4n) is 3.29. The van der Waals surface area contributed by atoms with Crippen molar-refractivity contribution in [2.24, 2.45) is 0 Å². The van der Waals surface area contributed by atoms with Gasteiger partial charge in [-0.25, -0.2) is 4.98 Å². The molecular formula is C22H23NO4S. The number of hydrogen-bond acceptors (Lipinski definition) is 5. The zero-order valence-electron chi connectivity index (χ0n) is 16.4. The minimum Gasteiger partial charge on any atom is -0.496 e. The van der Waals surface area contributed by atoms with E-state index in [9.17, 15) is 9.90 Å². The summed E-state index contributed by atoms with van der Waals surface area (Å²) in [7, 11) is 3.26. The van der Waals surface area contributed by atoms with Crippen LogP contribution in [0.5, 0.6) is 11.5 Å². The van der Waals surface area contributed by atoms with E-state index in [0.717, 1.165) is 32.1 Å². The van der Waals surface area contributed by atoms with Crippen LogP contribution >= 0.6 is 11.3 Å². The first kappa shape index (κ1) is 19.9. The minimum atomic E-state index is -0.853. The van der Waals surface area contributed by atoms with Crippen molar-refractivity contribution >= 4 is 17.3 Å². The molecule has 0 saturated carbocycles. The van der Waals surface area contributed by atoms with Gasteiger partial charge in [-0.05, 0) is 42.7 Å². The highest BCUT2D eigenvalue weighted by Crippen LogP contribution is 2.41. The Kier molecular flexibility index (Phi) is 5.99. The molecule has 0 amide bonds. The lowest BCUT2D eigenvalue weighted by molar-refractivity contribution is -0.137. The topological polar surface area (TPSA) is 68.7 Å². The predicted molar refractivity (Wildman–Crippen MR) is 111 cm³/mol. The Balaban J connectivity index is 2.12. The van der Waals surface area contributed by atoms with Crippen LogP contribution < -0.4 is 9.47 Å². The number of aromatic nitrogens is 1. The number of carboxylic acid groups (broad SMARTS) is 1. The van der Waals surface area contributed by atoms with Crippen LogP contribution in [0, 0.1) is 13.8 Å². The Bertz CT molecular complexity index is 971. The van der Waals surface area contributed by atoms with Gasteiger partial charge in [0.05, 0.1) is 26.2 Å². The predicted octanol–water partition coefficient (Wildman–Crippen LogP) is 5.05. The third-order valence-electron chi connectivity index (χ3n) is 4.54.